The molecule has 0 spiro atoms. The smallest absolute Gasteiger partial charge is 0.217 e. The van der Waals surface area contributed by atoms with E-state index in [4.69, 9.17) is 5.73 Å². The van der Waals surface area contributed by atoms with Crippen LogP contribution in [0.15, 0.2) is 36.5 Å². The Kier molecular flexibility index (Phi) is 2.63. The van der Waals surface area contributed by atoms with Crippen LogP contribution in [0.2, 0.25) is 0 Å². The van der Waals surface area contributed by atoms with E-state index in [1.165, 1.54) is 0 Å². The van der Waals surface area contributed by atoms with Gasteiger partial charge in [-0.3, -0.25) is 9.78 Å². The molecule has 0 aliphatic carbocycles. The van der Waals surface area contributed by atoms with Gasteiger partial charge in [0.2, 0.25) is 5.91 Å². The molecule has 0 saturated carbocycles. The lowest BCUT2D eigenvalue weighted by atomic mass is 10.1. The van der Waals surface area contributed by atoms with Crippen molar-refractivity contribution in [1.29, 1.82) is 0 Å². The second-order valence-corrected chi connectivity index (χ2v) is 3.50. The number of hydrogen-bond acceptors (Lipinski definition) is 2. The molecule has 0 radical (unpaired) electrons. The highest BCUT2D eigenvalue weighted by Gasteiger charge is 1.99. The normalized spacial score (nSPS) is 10.4. The van der Waals surface area contributed by atoms with E-state index in [9.17, 15) is 4.79 Å². The zero-order valence-corrected chi connectivity index (χ0v) is 8.31. The molecule has 0 aliphatic heterocycles. The summed E-state index contributed by atoms with van der Waals surface area (Å²) in [7, 11) is 0. The number of fused-ring (bicyclic) bond motifs is 1. The minimum atomic E-state index is -0.267. The second kappa shape index (κ2) is 4.09. The number of aromatic nitrogens is 1. The van der Waals surface area contributed by atoms with E-state index in [0.717, 1.165) is 16.5 Å². The maximum absolute atomic E-state index is 10.6. The number of amides is 1. The van der Waals surface area contributed by atoms with Crippen molar-refractivity contribution in [3.05, 3.63) is 42.1 Å². The van der Waals surface area contributed by atoms with Crippen LogP contribution >= 0.6 is 0 Å². The topological polar surface area (TPSA) is 56.0 Å². The van der Waals surface area contributed by atoms with Gasteiger partial charge in [-0.25, -0.2) is 0 Å². The summed E-state index contributed by atoms with van der Waals surface area (Å²) in [6, 6.07) is 9.94. The molecule has 1 heterocycles. The van der Waals surface area contributed by atoms with E-state index in [1.54, 1.807) is 6.20 Å². The van der Waals surface area contributed by atoms with Gasteiger partial charge in [-0.05, 0) is 24.1 Å². The summed E-state index contributed by atoms with van der Waals surface area (Å²) in [5.74, 6) is -0.267. The van der Waals surface area contributed by atoms with Crippen LogP contribution in [0.25, 0.3) is 10.9 Å². The summed E-state index contributed by atoms with van der Waals surface area (Å²) in [6.45, 7) is 0. The van der Waals surface area contributed by atoms with Crippen LogP contribution in [0.1, 0.15) is 12.0 Å². The van der Waals surface area contributed by atoms with Crippen LogP contribution in [0.4, 0.5) is 0 Å². The van der Waals surface area contributed by atoms with Gasteiger partial charge in [-0.2, -0.15) is 0 Å². The first-order valence-corrected chi connectivity index (χ1v) is 4.88. The van der Waals surface area contributed by atoms with Gasteiger partial charge in [0.1, 0.15) is 0 Å². The van der Waals surface area contributed by atoms with E-state index in [1.807, 2.05) is 30.3 Å². The molecular weight excluding hydrogens is 188 g/mol. The molecule has 1 aromatic carbocycles. The molecule has 2 aromatic rings. The SMILES string of the molecule is NC(=O)CCc1ccc2cccnc2c1. The van der Waals surface area contributed by atoms with Crippen LogP contribution in [0, 0.1) is 0 Å². The van der Waals surface area contributed by atoms with Crippen molar-refractivity contribution in [2.75, 3.05) is 0 Å². The zero-order valence-electron chi connectivity index (χ0n) is 8.31. The fourth-order valence-electron chi connectivity index (χ4n) is 1.54. The molecular formula is C12H12N2O. The first kappa shape index (κ1) is 9.65. The number of hydrogen-bond donors (Lipinski definition) is 1. The van der Waals surface area contributed by atoms with Crippen LogP contribution in [-0.4, -0.2) is 10.9 Å². The number of nitrogens with zero attached hydrogens (tertiary/aromatic N) is 1. The lowest BCUT2D eigenvalue weighted by Crippen LogP contribution is -2.11. The summed E-state index contributed by atoms with van der Waals surface area (Å²) < 4.78 is 0. The third kappa shape index (κ3) is 2.31. The number of aryl methyl sites for hydroxylation is 1. The molecule has 0 fully saturated rings. The van der Waals surface area contributed by atoms with E-state index in [2.05, 4.69) is 4.98 Å². The number of pyridine rings is 1. The fourth-order valence-corrected chi connectivity index (χ4v) is 1.54. The first-order chi connectivity index (χ1) is 7.25. The second-order valence-electron chi connectivity index (χ2n) is 3.50. The molecule has 0 bridgehead atoms. The Hall–Kier alpha value is -1.90. The molecule has 2 N–H and O–H groups in total. The van der Waals surface area contributed by atoms with Gasteiger partial charge in [0.05, 0.1) is 5.52 Å². The number of nitrogens with two attached hydrogens (primary N) is 1. The Labute approximate surface area is 87.9 Å². The molecule has 3 nitrogen and oxygen atoms in total. The number of carbonyl (C=O) groups is 1. The van der Waals surface area contributed by atoms with Gasteiger partial charge in [-0.1, -0.05) is 18.2 Å². The van der Waals surface area contributed by atoms with Gasteiger partial charge in [0, 0.05) is 18.0 Å². The predicted molar refractivity (Wildman–Crippen MR) is 59.3 cm³/mol. The molecule has 0 saturated heterocycles. The molecule has 1 amide bonds. The number of rotatable bonds is 3. The van der Waals surface area contributed by atoms with Crippen LogP contribution in [0.5, 0.6) is 0 Å². The Morgan fingerprint density at radius 3 is 3.00 bits per heavy atom. The number of benzene rings is 1. The van der Waals surface area contributed by atoms with Gasteiger partial charge < -0.3 is 5.73 Å². The van der Waals surface area contributed by atoms with Crippen LogP contribution < -0.4 is 5.73 Å². The summed E-state index contributed by atoms with van der Waals surface area (Å²) in [5, 5.41) is 1.11. The van der Waals surface area contributed by atoms with Crippen molar-refractivity contribution in [3.8, 4) is 0 Å². The standard InChI is InChI=1S/C12H12N2O/c13-12(15)6-4-9-3-5-10-2-1-7-14-11(10)8-9/h1-3,5,7-8H,4,6H2,(H2,13,15). The van der Waals surface area contributed by atoms with Gasteiger partial charge in [0.25, 0.3) is 0 Å². The minimum Gasteiger partial charge on any atom is -0.370 e. The summed E-state index contributed by atoms with van der Waals surface area (Å²) in [6.07, 6.45) is 2.83. The highest BCUT2D eigenvalue weighted by Crippen LogP contribution is 2.14. The monoisotopic (exact) mass is 200 g/mol. The van der Waals surface area contributed by atoms with Crippen molar-refractivity contribution in [2.24, 2.45) is 5.73 Å². The zero-order chi connectivity index (χ0) is 10.7. The van der Waals surface area contributed by atoms with E-state index in [0.29, 0.717) is 12.8 Å². The molecule has 3 heteroatoms. The first-order valence-electron chi connectivity index (χ1n) is 4.88. The summed E-state index contributed by atoms with van der Waals surface area (Å²) in [4.78, 5) is 14.9. The molecule has 1 aromatic heterocycles. The Morgan fingerprint density at radius 2 is 2.20 bits per heavy atom. The summed E-state index contributed by atoms with van der Waals surface area (Å²) in [5.41, 5.74) is 7.15. The molecule has 0 aliphatic rings. The van der Waals surface area contributed by atoms with Crippen molar-refractivity contribution >= 4 is 16.8 Å². The predicted octanol–water partition coefficient (Wildman–Crippen LogP) is 1.65. The third-order valence-electron chi connectivity index (χ3n) is 2.33. The third-order valence-corrected chi connectivity index (χ3v) is 2.33. The minimum absolute atomic E-state index is 0.267. The van der Waals surface area contributed by atoms with Crippen molar-refractivity contribution in [1.82, 2.24) is 4.98 Å². The number of primary amides is 1. The van der Waals surface area contributed by atoms with E-state index < -0.39 is 0 Å². The molecule has 15 heavy (non-hydrogen) atoms. The van der Waals surface area contributed by atoms with Gasteiger partial charge in [-0.15, -0.1) is 0 Å². The summed E-state index contributed by atoms with van der Waals surface area (Å²) >= 11 is 0. The Balaban J connectivity index is 2.26. The quantitative estimate of drug-likeness (QED) is 0.819. The molecule has 76 valence electrons. The maximum Gasteiger partial charge on any atom is 0.217 e. The Bertz CT molecular complexity index is 494. The van der Waals surface area contributed by atoms with Crippen molar-refractivity contribution in [2.45, 2.75) is 12.8 Å². The van der Waals surface area contributed by atoms with Crippen LogP contribution in [-0.2, 0) is 11.2 Å². The number of carbonyl (C=O) groups excluding carboxylic acids is 1. The fraction of sp³-hybridized carbons (Fsp3) is 0.167. The van der Waals surface area contributed by atoms with E-state index >= 15 is 0 Å². The largest absolute Gasteiger partial charge is 0.370 e. The highest BCUT2D eigenvalue weighted by molar-refractivity contribution is 5.79. The van der Waals surface area contributed by atoms with Crippen molar-refractivity contribution in [3.63, 3.8) is 0 Å². The van der Waals surface area contributed by atoms with E-state index in [-0.39, 0.29) is 5.91 Å². The molecule has 0 atom stereocenters. The highest BCUT2D eigenvalue weighted by atomic mass is 16.1. The van der Waals surface area contributed by atoms with Crippen molar-refractivity contribution < 1.29 is 4.79 Å². The molecule has 0 unspecified atom stereocenters. The average molecular weight is 200 g/mol. The Morgan fingerprint density at radius 1 is 1.33 bits per heavy atom. The lowest BCUT2D eigenvalue weighted by Gasteiger charge is -2.01. The average Bonchev–Trinajstić information content (AvgIpc) is 2.26. The van der Waals surface area contributed by atoms with Gasteiger partial charge in [0.15, 0.2) is 0 Å². The molecule has 2 rings (SSSR count). The van der Waals surface area contributed by atoms with Crippen LogP contribution in [0.3, 0.4) is 0 Å². The maximum atomic E-state index is 10.6. The van der Waals surface area contributed by atoms with Gasteiger partial charge >= 0.3 is 0 Å². The lowest BCUT2D eigenvalue weighted by molar-refractivity contribution is -0.117.